The Kier molecular flexibility index (Phi) is 7.57. The van der Waals surface area contributed by atoms with Gasteiger partial charge in [-0.25, -0.2) is 0 Å². The molecule has 0 saturated carbocycles. The molecule has 1 atom stereocenters. The van der Waals surface area contributed by atoms with E-state index in [0.29, 0.717) is 19.1 Å². The minimum atomic E-state index is 0.565. The van der Waals surface area contributed by atoms with Crippen LogP contribution in [0.2, 0.25) is 0 Å². The van der Waals surface area contributed by atoms with Crippen molar-refractivity contribution in [1.82, 2.24) is 5.32 Å². The molecule has 0 radical (unpaired) electrons. The Morgan fingerprint density at radius 2 is 2.19 bits per heavy atom. The molecule has 21 heavy (non-hydrogen) atoms. The SMILES string of the molecule is CCCNCc1ccccc1OCCOCC1CCOC1. The van der Waals surface area contributed by atoms with E-state index in [9.17, 15) is 0 Å². The first-order chi connectivity index (χ1) is 10.4. The van der Waals surface area contributed by atoms with Gasteiger partial charge < -0.3 is 19.5 Å². The van der Waals surface area contributed by atoms with Crippen molar-refractivity contribution in [2.45, 2.75) is 26.3 Å². The van der Waals surface area contributed by atoms with Crippen molar-refractivity contribution in [3.05, 3.63) is 29.8 Å². The smallest absolute Gasteiger partial charge is 0.123 e. The van der Waals surface area contributed by atoms with Crippen LogP contribution in [0.4, 0.5) is 0 Å². The number of rotatable bonds is 10. The molecule has 4 heteroatoms. The topological polar surface area (TPSA) is 39.7 Å². The largest absolute Gasteiger partial charge is 0.491 e. The van der Waals surface area contributed by atoms with Crippen molar-refractivity contribution in [2.75, 3.05) is 39.6 Å². The third kappa shape index (κ3) is 6.04. The van der Waals surface area contributed by atoms with E-state index in [-0.39, 0.29) is 0 Å². The van der Waals surface area contributed by atoms with Crippen molar-refractivity contribution in [3.63, 3.8) is 0 Å². The van der Waals surface area contributed by atoms with Crippen molar-refractivity contribution < 1.29 is 14.2 Å². The molecule has 2 rings (SSSR count). The van der Waals surface area contributed by atoms with Crippen LogP contribution in [0.5, 0.6) is 5.75 Å². The second-order valence-corrected chi connectivity index (χ2v) is 5.44. The summed E-state index contributed by atoms with van der Waals surface area (Å²) >= 11 is 0. The number of nitrogens with one attached hydrogen (secondary N) is 1. The summed E-state index contributed by atoms with van der Waals surface area (Å²) in [6.45, 7) is 7.78. The number of hydrogen-bond acceptors (Lipinski definition) is 4. The van der Waals surface area contributed by atoms with Crippen LogP contribution in [-0.2, 0) is 16.0 Å². The van der Waals surface area contributed by atoms with Gasteiger partial charge in [0.25, 0.3) is 0 Å². The maximum atomic E-state index is 5.84. The Bertz CT molecular complexity index is 391. The fourth-order valence-electron chi connectivity index (χ4n) is 2.37. The molecule has 1 heterocycles. The lowest BCUT2D eigenvalue weighted by Crippen LogP contribution is -2.16. The van der Waals surface area contributed by atoms with Crippen molar-refractivity contribution in [2.24, 2.45) is 5.92 Å². The first-order valence-electron chi connectivity index (χ1n) is 7.97. The highest BCUT2D eigenvalue weighted by Gasteiger charge is 2.15. The number of ether oxygens (including phenoxy) is 3. The average molecular weight is 293 g/mol. The zero-order valence-corrected chi connectivity index (χ0v) is 13.0. The van der Waals surface area contributed by atoms with Crippen LogP contribution < -0.4 is 10.1 Å². The summed E-state index contributed by atoms with van der Waals surface area (Å²) in [4.78, 5) is 0. The van der Waals surface area contributed by atoms with Crippen LogP contribution in [0.25, 0.3) is 0 Å². The van der Waals surface area contributed by atoms with Crippen molar-refractivity contribution in [3.8, 4) is 5.75 Å². The van der Waals surface area contributed by atoms with E-state index in [2.05, 4.69) is 18.3 Å². The number of hydrogen-bond donors (Lipinski definition) is 1. The molecule has 0 aliphatic carbocycles. The highest BCUT2D eigenvalue weighted by atomic mass is 16.5. The molecule has 0 amide bonds. The minimum absolute atomic E-state index is 0.565. The van der Waals surface area contributed by atoms with Gasteiger partial charge in [-0.05, 0) is 25.5 Å². The summed E-state index contributed by atoms with van der Waals surface area (Å²) in [5, 5.41) is 3.41. The van der Waals surface area contributed by atoms with E-state index < -0.39 is 0 Å². The molecule has 0 spiro atoms. The predicted octanol–water partition coefficient (Wildman–Crippen LogP) is 2.62. The first-order valence-corrected chi connectivity index (χ1v) is 7.97. The van der Waals surface area contributed by atoms with Crippen molar-refractivity contribution in [1.29, 1.82) is 0 Å². The van der Waals surface area contributed by atoms with Gasteiger partial charge in [0.2, 0.25) is 0 Å². The Balaban J connectivity index is 1.64. The summed E-state index contributed by atoms with van der Waals surface area (Å²) in [5.74, 6) is 1.52. The van der Waals surface area contributed by atoms with Crippen LogP contribution >= 0.6 is 0 Å². The van der Waals surface area contributed by atoms with E-state index in [1.807, 2.05) is 18.2 Å². The lowest BCUT2D eigenvalue weighted by Gasteiger charge is -2.13. The normalized spacial score (nSPS) is 18.0. The zero-order valence-electron chi connectivity index (χ0n) is 13.0. The molecule has 0 bridgehead atoms. The summed E-state index contributed by atoms with van der Waals surface area (Å²) < 4.78 is 16.8. The van der Waals surface area contributed by atoms with Crippen LogP contribution in [0.3, 0.4) is 0 Å². The molecule has 1 unspecified atom stereocenters. The van der Waals surface area contributed by atoms with E-state index in [1.165, 1.54) is 5.56 Å². The zero-order chi connectivity index (χ0) is 14.8. The molecule has 0 aromatic heterocycles. The van der Waals surface area contributed by atoms with Gasteiger partial charge in [0.1, 0.15) is 12.4 Å². The Labute approximate surface area is 127 Å². The highest BCUT2D eigenvalue weighted by Crippen LogP contribution is 2.17. The van der Waals surface area contributed by atoms with Crippen LogP contribution in [0, 0.1) is 5.92 Å². The van der Waals surface area contributed by atoms with E-state index in [0.717, 1.165) is 51.5 Å². The standard InChI is InChI=1S/C17H27NO3/c1-2-8-18-12-16-5-3-4-6-17(16)21-11-10-20-14-15-7-9-19-13-15/h3-6,15,18H,2,7-14H2,1H3. The fraction of sp³-hybridized carbons (Fsp3) is 0.647. The molecular formula is C17H27NO3. The van der Waals surface area contributed by atoms with Gasteiger partial charge in [-0.1, -0.05) is 25.1 Å². The van der Waals surface area contributed by atoms with E-state index >= 15 is 0 Å². The molecule has 1 saturated heterocycles. The quantitative estimate of drug-likeness (QED) is 0.673. The molecule has 1 N–H and O–H groups in total. The maximum absolute atomic E-state index is 5.84. The second kappa shape index (κ2) is 9.77. The maximum Gasteiger partial charge on any atom is 0.123 e. The Hall–Kier alpha value is -1.10. The molecule has 4 nitrogen and oxygen atoms in total. The molecule has 118 valence electrons. The molecule has 1 aromatic rings. The van der Waals surface area contributed by atoms with Crippen LogP contribution in [-0.4, -0.2) is 39.6 Å². The number of para-hydroxylation sites is 1. The van der Waals surface area contributed by atoms with Gasteiger partial charge in [0.05, 0.1) is 19.8 Å². The van der Waals surface area contributed by atoms with Crippen LogP contribution in [0.1, 0.15) is 25.3 Å². The summed E-state index contributed by atoms with van der Waals surface area (Å²) in [7, 11) is 0. The molecule has 1 aliphatic rings. The lowest BCUT2D eigenvalue weighted by molar-refractivity contribution is 0.0681. The predicted molar refractivity (Wildman–Crippen MR) is 83.7 cm³/mol. The summed E-state index contributed by atoms with van der Waals surface area (Å²) in [5.41, 5.74) is 1.20. The van der Waals surface area contributed by atoms with Gasteiger partial charge in [0.15, 0.2) is 0 Å². The third-order valence-electron chi connectivity index (χ3n) is 3.58. The van der Waals surface area contributed by atoms with Gasteiger partial charge in [0, 0.05) is 24.6 Å². The number of benzene rings is 1. The first kappa shape index (κ1) is 16.3. The average Bonchev–Trinajstić information content (AvgIpc) is 3.02. The van der Waals surface area contributed by atoms with Crippen molar-refractivity contribution >= 4 is 0 Å². The lowest BCUT2D eigenvalue weighted by atomic mass is 10.1. The monoisotopic (exact) mass is 293 g/mol. The fourth-order valence-corrected chi connectivity index (χ4v) is 2.37. The summed E-state index contributed by atoms with van der Waals surface area (Å²) in [6.07, 6.45) is 2.26. The molecule has 1 fully saturated rings. The molecule has 1 aromatic carbocycles. The van der Waals surface area contributed by atoms with Gasteiger partial charge in [-0.3, -0.25) is 0 Å². The van der Waals surface area contributed by atoms with Gasteiger partial charge >= 0.3 is 0 Å². The second-order valence-electron chi connectivity index (χ2n) is 5.44. The third-order valence-corrected chi connectivity index (χ3v) is 3.58. The minimum Gasteiger partial charge on any atom is -0.491 e. The van der Waals surface area contributed by atoms with Gasteiger partial charge in [-0.2, -0.15) is 0 Å². The Morgan fingerprint density at radius 3 is 3.00 bits per heavy atom. The van der Waals surface area contributed by atoms with Gasteiger partial charge in [-0.15, -0.1) is 0 Å². The molecule has 1 aliphatic heterocycles. The van der Waals surface area contributed by atoms with E-state index in [1.54, 1.807) is 0 Å². The Morgan fingerprint density at radius 1 is 1.29 bits per heavy atom. The summed E-state index contributed by atoms with van der Waals surface area (Å²) in [6, 6.07) is 8.18. The highest BCUT2D eigenvalue weighted by molar-refractivity contribution is 5.33. The van der Waals surface area contributed by atoms with Crippen LogP contribution in [0.15, 0.2) is 24.3 Å². The molecular weight excluding hydrogens is 266 g/mol. The van der Waals surface area contributed by atoms with E-state index in [4.69, 9.17) is 14.2 Å².